The van der Waals surface area contributed by atoms with Crippen LogP contribution in [0.2, 0.25) is 0 Å². The van der Waals surface area contributed by atoms with Gasteiger partial charge in [0.1, 0.15) is 4.33 Å². The van der Waals surface area contributed by atoms with Gasteiger partial charge in [-0.15, -0.1) is 23.2 Å². The highest BCUT2D eigenvalue weighted by molar-refractivity contribution is 7.98. The lowest BCUT2D eigenvalue weighted by Gasteiger charge is -2.37. The number of thioether (sulfide) groups is 1. The molecule has 0 radical (unpaired) electrons. The summed E-state index contributed by atoms with van der Waals surface area (Å²) < 4.78 is -0.410. The van der Waals surface area contributed by atoms with E-state index in [1.54, 1.807) is 13.8 Å². The van der Waals surface area contributed by atoms with Crippen LogP contribution in [0.4, 0.5) is 0 Å². The maximum Gasteiger partial charge on any atom is 0.216 e. The van der Waals surface area contributed by atoms with Crippen LogP contribution in [0.15, 0.2) is 12.2 Å². The molecule has 72 heavy (non-hydrogen) atoms. The van der Waals surface area contributed by atoms with Crippen molar-refractivity contribution in [3.05, 3.63) is 12.2 Å². The first-order valence-corrected chi connectivity index (χ1v) is 29.9. The van der Waals surface area contributed by atoms with E-state index in [2.05, 4.69) is 126 Å². The standard InChI is InChI=1S/2C10H19NO.C10H20.C9H18S.C8H16.C8H14.C5H8Cl2.5CH4/c2*1-9(12)11-8-7-10(2)5-3-4-6-10;1-8-6-7-9(2,3)10(8,4)5;1-9(7-8-10-2)5-3-4-6-9;2*1-8(2)6-4-3-5-7-8;1-4(2)3-5(4,6)7;;;;;/h2*3-8H2,1-2H3,(H,11,12);8H,6-7H2,1-5H3;3-8H2,1-2H3;3-7H2,1-2H3;4,6H,3,5,7H2,1-2H3;3H2,1-2H3;5*1H4. The van der Waals surface area contributed by atoms with Gasteiger partial charge < -0.3 is 10.6 Å². The van der Waals surface area contributed by atoms with E-state index >= 15 is 0 Å². The van der Waals surface area contributed by atoms with E-state index in [9.17, 15) is 9.59 Å². The van der Waals surface area contributed by atoms with E-state index in [1.165, 1.54) is 153 Å². The quantitative estimate of drug-likeness (QED) is 0.179. The van der Waals surface area contributed by atoms with Crippen LogP contribution >= 0.6 is 35.0 Å². The van der Waals surface area contributed by atoms with Crippen LogP contribution in [0.1, 0.15) is 315 Å². The minimum atomic E-state index is -0.410. The predicted molar refractivity (Wildman–Crippen MR) is 335 cm³/mol. The molecule has 436 valence electrons. The molecular weight excluding hydrogens is 944 g/mol. The summed E-state index contributed by atoms with van der Waals surface area (Å²) in [6, 6.07) is 0. The van der Waals surface area contributed by atoms with Crippen LogP contribution in [-0.2, 0) is 9.59 Å². The Balaban J connectivity index is -0.000000241. The molecule has 0 aliphatic heterocycles. The van der Waals surface area contributed by atoms with Crippen molar-refractivity contribution < 1.29 is 9.59 Å². The van der Waals surface area contributed by atoms with Crippen LogP contribution in [0, 0.1) is 49.2 Å². The lowest BCUT2D eigenvalue weighted by atomic mass is 9.67. The summed E-state index contributed by atoms with van der Waals surface area (Å²) in [5, 5.41) is 5.72. The smallest absolute Gasteiger partial charge is 0.216 e. The van der Waals surface area contributed by atoms with Crippen LogP contribution in [0.25, 0.3) is 0 Å². The summed E-state index contributed by atoms with van der Waals surface area (Å²) in [5.41, 5.74) is 4.22. The van der Waals surface area contributed by atoms with Crippen molar-refractivity contribution in [2.75, 3.05) is 25.1 Å². The van der Waals surface area contributed by atoms with Crippen molar-refractivity contribution in [1.29, 1.82) is 0 Å². The highest BCUT2D eigenvalue weighted by Gasteiger charge is 2.59. The van der Waals surface area contributed by atoms with Gasteiger partial charge in [-0.25, -0.2) is 0 Å². The van der Waals surface area contributed by atoms with Gasteiger partial charge in [0, 0.05) is 32.4 Å². The molecule has 7 aliphatic rings. The molecule has 4 nitrogen and oxygen atoms in total. The average Bonchev–Trinajstić information content (AvgIpc) is 3.85. The molecule has 2 amide bonds. The number of hydrogen-bond acceptors (Lipinski definition) is 3. The van der Waals surface area contributed by atoms with Gasteiger partial charge in [0.05, 0.1) is 0 Å². The maximum absolute atomic E-state index is 10.6. The summed E-state index contributed by atoms with van der Waals surface area (Å²) in [5.74, 6) is 2.45. The normalized spacial score (nSPS) is 24.3. The first-order valence-electron chi connectivity index (χ1n) is 27.8. The van der Waals surface area contributed by atoms with Gasteiger partial charge in [-0.1, -0.05) is 204 Å². The molecule has 6 saturated carbocycles. The Bertz CT molecular complexity index is 1360. The maximum atomic E-state index is 10.6. The lowest BCUT2D eigenvalue weighted by molar-refractivity contribution is -0.119. The Morgan fingerprint density at radius 1 is 0.528 bits per heavy atom. The van der Waals surface area contributed by atoms with Crippen molar-refractivity contribution in [2.24, 2.45) is 49.2 Å². The fourth-order valence-corrected chi connectivity index (χ4v) is 12.3. The van der Waals surface area contributed by atoms with Gasteiger partial charge >= 0.3 is 0 Å². The third kappa shape index (κ3) is 33.0. The van der Waals surface area contributed by atoms with E-state index in [-0.39, 0.29) is 54.4 Å². The summed E-state index contributed by atoms with van der Waals surface area (Å²) in [6.45, 7) is 37.5. The second kappa shape index (κ2) is 36.7. The Labute approximate surface area is 470 Å². The Kier molecular flexibility index (Phi) is 41.0. The molecule has 7 heteroatoms. The molecule has 0 bridgehead atoms. The highest BCUT2D eigenvalue weighted by atomic mass is 35.5. The Hall–Kier alpha value is -0.390. The van der Waals surface area contributed by atoms with Crippen molar-refractivity contribution in [3.8, 4) is 0 Å². The average molecular weight is 1080 g/mol. The molecule has 0 aromatic rings. The number of nitrogens with one attached hydrogen (secondary N) is 2. The molecule has 7 rings (SSSR count). The second-order valence-electron chi connectivity index (χ2n) is 27.1. The van der Waals surface area contributed by atoms with Gasteiger partial charge in [0.2, 0.25) is 11.8 Å². The Morgan fingerprint density at radius 2 is 0.875 bits per heavy atom. The van der Waals surface area contributed by atoms with E-state index in [0.717, 1.165) is 43.7 Å². The number of carbonyl (C=O) groups is 2. The molecule has 6 fully saturated rings. The minimum absolute atomic E-state index is 0. The zero-order chi connectivity index (χ0) is 51.3. The van der Waals surface area contributed by atoms with Crippen LogP contribution < -0.4 is 10.6 Å². The molecule has 0 heterocycles. The first-order chi connectivity index (χ1) is 30.8. The fourth-order valence-electron chi connectivity index (χ4n) is 11.0. The number of allylic oxidation sites excluding steroid dienone is 2. The number of alkyl halides is 2. The number of halogens is 2. The minimum Gasteiger partial charge on any atom is -0.356 e. The largest absolute Gasteiger partial charge is 0.356 e. The van der Waals surface area contributed by atoms with Crippen LogP contribution in [0.5, 0.6) is 0 Å². The van der Waals surface area contributed by atoms with Crippen molar-refractivity contribution in [2.45, 2.75) is 319 Å². The topological polar surface area (TPSA) is 58.2 Å². The third-order valence-electron chi connectivity index (χ3n) is 18.2. The summed E-state index contributed by atoms with van der Waals surface area (Å²) >= 11 is 13.4. The SMILES string of the molecule is C.C.C.C.C.CC(=O)NCCC1(C)CCCC1.CC(=O)NCCC1(C)CCCC1.CC1(C)C=CCCC1.CC1(C)CC1(Cl)Cl.CC1(C)CCCCC1.CC1CCC(C)(C)C1(C)C.CSCCC1(C)CCCC1. The lowest BCUT2D eigenvalue weighted by Crippen LogP contribution is -2.30. The number of amides is 2. The molecule has 0 spiro atoms. The van der Waals surface area contributed by atoms with Crippen LogP contribution in [-0.4, -0.2) is 41.2 Å². The van der Waals surface area contributed by atoms with E-state index in [1.807, 2.05) is 11.8 Å². The molecule has 0 saturated heterocycles. The molecule has 1 atom stereocenters. The third-order valence-corrected chi connectivity index (χ3v) is 20.1. The van der Waals surface area contributed by atoms with Gasteiger partial charge in [0.25, 0.3) is 0 Å². The van der Waals surface area contributed by atoms with Gasteiger partial charge in [0.15, 0.2) is 0 Å². The molecule has 0 aromatic heterocycles. The highest BCUT2D eigenvalue weighted by Crippen LogP contribution is 2.63. The van der Waals surface area contributed by atoms with E-state index in [0.29, 0.717) is 32.5 Å². The Morgan fingerprint density at radius 3 is 1.07 bits per heavy atom. The second-order valence-corrected chi connectivity index (χ2v) is 29.5. The van der Waals surface area contributed by atoms with E-state index < -0.39 is 4.33 Å². The number of hydrogen-bond donors (Lipinski definition) is 2. The zero-order valence-corrected chi connectivity index (χ0v) is 50.0. The summed E-state index contributed by atoms with van der Waals surface area (Å²) in [6.07, 6.45) is 42.4. The van der Waals surface area contributed by atoms with Crippen molar-refractivity contribution in [3.63, 3.8) is 0 Å². The summed E-state index contributed by atoms with van der Waals surface area (Å²) in [4.78, 5) is 21.2. The fraction of sp³-hybridized carbons (Fsp3) is 0.938. The first kappa shape index (κ1) is 80.5. The monoisotopic (exact) mass is 1080 g/mol. The molecule has 7 aliphatic carbocycles. The summed E-state index contributed by atoms with van der Waals surface area (Å²) in [7, 11) is 0. The van der Waals surface area contributed by atoms with Gasteiger partial charge in [-0.2, -0.15) is 11.8 Å². The number of rotatable bonds is 9. The molecule has 1 unspecified atom stereocenters. The molecule has 0 aromatic carbocycles. The molecular formula is C65H134Cl2N2O2S. The van der Waals surface area contributed by atoms with Crippen molar-refractivity contribution in [1.82, 2.24) is 10.6 Å². The van der Waals surface area contributed by atoms with Crippen LogP contribution in [0.3, 0.4) is 0 Å². The number of carbonyl (C=O) groups excluding carboxylic acids is 2. The van der Waals surface area contributed by atoms with Gasteiger partial charge in [-0.05, 0) is 165 Å². The predicted octanol–water partition coefficient (Wildman–Crippen LogP) is 22.5. The van der Waals surface area contributed by atoms with Crippen molar-refractivity contribution >= 4 is 46.8 Å². The van der Waals surface area contributed by atoms with Gasteiger partial charge in [-0.3, -0.25) is 9.59 Å². The zero-order valence-electron chi connectivity index (χ0n) is 47.7. The molecule has 2 N–H and O–H groups in total. The van der Waals surface area contributed by atoms with E-state index in [4.69, 9.17) is 23.2 Å².